The van der Waals surface area contributed by atoms with Crippen LogP contribution in [-0.2, 0) is 17.6 Å². The van der Waals surface area contributed by atoms with Crippen molar-refractivity contribution in [1.82, 2.24) is 10.2 Å². The van der Waals surface area contributed by atoms with E-state index in [0.717, 1.165) is 36.9 Å². The highest BCUT2D eigenvalue weighted by Gasteiger charge is 2.34. The Hall–Kier alpha value is -2.82. The first kappa shape index (κ1) is 19.9. The Balaban J connectivity index is 1.50. The van der Waals surface area contributed by atoms with Crippen LogP contribution in [0.5, 0.6) is 0 Å². The lowest BCUT2D eigenvalue weighted by molar-refractivity contribution is -0.124. The molecule has 0 aliphatic carbocycles. The minimum absolute atomic E-state index is 0.0514. The van der Waals surface area contributed by atoms with Crippen LogP contribution in [0.3, 0.4) is 0 Å². The largest absolute Gasteiger partial charge is 0.354 e. The van der Waals surface area contributed by atoms with E-state index >= 15 is 0 Å². The standard InChI is InChI=1S/C23H29N3O2/c1-2-19-13-6-7-14-20(19)25-23(28)26-17-9-15-21(26)22(27)24-16-8-12-18-10-4-3-5-11-18/h3-7,10-11,13-14,21H,2,8-9,12,15-17H2,1H3,(H,24,27)(H,25,28). The molecular weight excluding hydrogens is 350 g/mol. The van der Waals surface area contributed by atoms with Gasteiger partial charge in [-0.2, -0.15) is 0 Å². The van der Waals surface area contributed by atoms with Crippen molar-refractivity contribution in [3.63, 3.8) is 0 Å². The summed E-state index contributed by atoms with van der Waals surface area (Å²) in [4.78, 5) is 27.0. The summed E-state index contributed by atoms with van der Waals surface area (Å²) in [5, 5.41) is 5.99. The zero-order chi connectivity index (χ0) is 19.8. The first-order valence-electron chi connectivity index (χ1n) is 10.2. The van der Waals surface area contributed by atoms with Crippen LogP contribution in [0.2, 0.25) is 0 Å². The molecule has 3 rings (SSSR count). The Bertz CT molecular complexity index is 791. The van der Waals surface area contributed by atoms with Gasteiger partial charge in [0.25, 0.3) is 0 Å². The lowest BCUT2D eigenvalue weighted by Gasteiger charge is -2.25. The number of anilines is 1. The maximum Gasteiger partial charge on any atom is 0.322 e. The van der Waals surface area contributed by atoms with Gasteiger partial charge in [-0.15, -0.1) is 0 Å². The average molecular weight is 380 g/mol. The van der Waals surface area contributed by atoms with Crippen molar-refractivity contribution in [3.8, 4) is 0 Å². The van der Waals surface area contributed by atoms with Crippen LogP contribution in [0, 0.1) is 0 Å². The van der Waals surface area contributed by atoms with Gasteiger partial charge >= 0.3 is 6.03 Å². The molecule has 2 aromatic rings. The molecule has 28 heavy (non-hydrogen) atoms. The molecule has 1 saturated heterocycles. The van der Waals surface area contributed by atoms with Gasteiger partial charge in [0.05, 0.1) is 0 Å². The fourth-order valence-electron chi connectivity index (χ4n) is 3.69. The number of hydrogen-bond donors (Lipinski definition) is 2. The van der Waals surface area contributed by atoms with Crippen LogP contribution in [0.25, 0.3) is 0 Å². The Labute approximate surface area is 167 Å². The van der Waals surface area contributed by atoms with Crippen LogP contribution >= 0.6 is 0 Å². The number of nitrogens with zero attached hydrogens (tertiary/aromatic N) is 1. The van der Waals surface area contributed by atoms with Gasteiger partial charge < -0.3 is 15.5 Å². The smallest absolute Gasteiger partial charge is 0.322 e. The summed E-state index contributed by atoms with van der Waals surface area (Å²) < 4.78 is 0. The molecule has 0 spiro atoms. The number of aryl methyl sites for hydroxylation is 2. The summed E-state index contributed by atoms with van der Waals surface area (Å²) in [5.74, 6) is -0.0514. The van der Waals surface area contributed by atoms with Crippen molar-refractivity contribution in [2.24, 2.45) is 0 Å². The normalized spacial score (nSPS) is 16.0. The van der Waals surface area contributed by atoms with Crippen molar-refractivity contribution in [3.05, 3.63) is 65.7 Å². The van der Waals surface area contributed by atoms with Crippen molar-refractivity contribution in [2.45, 2.75) is 45.1 Å². The molecule has 1 fully saturated rings. The topological polar surface area (TPSA) is 61.4 Å². The Kier molecular flexibility index (Phi) is 7.06. The van der Waals surface area contributed by atoms with Gasteiger partial charge in [0.1, 0.15) is 6.04 Å². The third-order valence-corrected chi connectivity index (χ3v) is 5.24. The molecule has 1 heterocycles. The van der Waals surface area contributed by atoms with E-state index in [4.69, 9.17) is 0 Å². The predicted molar refractivity (Wildman–Crippen MR) is 112 cm³/mol. The fourth-order valence-corrected chi connectivity index (χ4v) is 3.69. The summed E-state index contributed by atoms with van der Waals surface area (Å²) in [6.07, 6.45) is 4.24. The Morgan fingerprint density at radius 2 is 1.82 bits per heavy atom. The summed E-state index contributed by atoms with van der Waals surface area (Å²) in [5.41, 5.74) is 3.19. The van der Waals surface area contributed by atoms with Gasteiger partial charge in [-0.1, -0.05) is 55.5 Å². The average Bonchev–Trinajstić information content (AvgIpc) is 3.22. The lowest BCUT2D eigenvalue weighted by atomic mass is 10.1. The summed E-state index contributed by atoms with van der Waals surface area (Å²) in [7, 11) is 0. The van der Waals surface area contributed by atoms with Crippen LogP contribution in [0.4, 0.5) is 10.5 Å². The molecule has 3 amide bonds. The zero-order valence-corrected chi connectivity index (χ0v) is 16.5. The molecule has 5 heteroatoms. The minimum Gasteiger partial charge on any atom is -0.354 e. The molecule has 2 N–H and O–H groups in total. The predicted octanol–water partition coefficient (Wildman–Crippen LogP) is 3.99. The number of para-hydroxylation sites is 1. The van der Waals surface area contributed by atoms with E-state index in [1.54, 1.807) is 4.90 Å². The number of amides is 3. The number of hydrogen-bond acceptors (Lipinski definition) is 2. The molecule has 1 aliphatic heterocycles. The van der Waals surface area contributed by atoms with Gasteiger partial charge in [0.2, 0.25) is 5.91 Å². The van der Waals surface area contributed by atoms with Gasteiger partial charge in [-0.05, 0) is 49.3 Å². The maximum atomic E-state index is 12.7. The van der Waals surface area contributed by atoms with Gasteiger partial charge in [0, 0.05) is 18.8 Å². The van der Waals surface area contributed by atoms with Gasteiger partial charge in [-0.25, -0.2) is 4.79 Å². The molecule has 2 aromatic carbocycles. The number of urea groups is 1. The summed E-state index contributed by atoms with van der Waals surface area (Å²) in [6, 6.07) is 17.5. The number of likely N-dealkylation sites (tertiary alicyclic amines) is 1. The third kappa shape index (κ3) is 5.12. The molecule has 0 saturated carbocycles. The zero-order valence-electron chi connectivity index (χ0n) is 16.5. The van der Waals surface area contributed by atoms with E-state index in [2.05, 4.69) is 29.7 Å². The molecule has 0 radical (unpaired) electrons. The second-order valence-electron chi connectivity index (χ2n) is 7.17. The summed E-state index contributed by atoms with van der Waals surface area (Å²) >= 11 is 0. The highest BCUT2D eigenvalue weighted by molar-refractivity contribution is 5.94. The number of carbonyl (C=O) groups excluding carboxylic acids is 2. The molecular formula is C23H29N3O2. The Morgan fingerprint density at radius 3 is 2.61 bits per heavy atom. The van der Waals surface area contributed by atoms with E-state index in [-0.39, 0.29) is 18.0 Å². The molecule has 148 valence electrons. The van der Waals surface area contributed by atoms with Gasteiger partial charge in [0.15, 0.2) is 0 Å². The molecule has 0 bridgehead atoms. The minimum atomic E-state index is -0.384. The second kappa shape index (κ2) is 9.93. The highest BCUT2D eigenvalue weighted by atomic mass is 16.2. The summed E-state index contributed by atoms with van der Waals surface area (Å²) in [6.45, 7) is 3.30. The first-order chi connectivity index (χ1) is 13.7. The van der Waals surface area contributed by atoms with E-state index < -0.39 is 0 Å². The Morgan fingerprint density at radius 1 is 1.07 bits per heavy atom. The first-order valence-corrected chi connectivity index (χ1v) is 10.2. The van der Waals surface area contributed by atoms with Crippen LogP contribution < -0.4 is 10.6 Å². The number of benzene rings is 2. The van der Waals surface area contributed by atoms with Crippen molar-refractivity contribution in [2.75, 3.05) is 18.4 Å². The lowest BCUT2D eigenvalue weighted by Crippen LogP contribution is -2.47. The quantitative estimate of drug-likeness (QED) is 0.715. The SMILES string of the molecule is CCc1ccccc1NC(=O)N1CCCC1C(=O)NCCCc1ccccc1. The maximum absolute atomic E-state index is 12.7. The second-order valence-corrected chi connectivity index (χ2v) is 7.17. The van der Waals surface area contributed by atoms with E-state index in [0.29, 0.717) is 19.5 Å². The van der Waals surface area contributed by atoms with E-state index in [9.17, 15) is 9.59 Å². The van der Waals surface area contributed by atoms with E-state index in [1.807, 2.05) is 42.5 Å². The molecule has 1 unspecified atom stereocenters. The monoisotopic (exact) mass is 379 g/mol. The van der Waals surface area contributed by atoms with Crippen LogP contribution in [0.15, 0.2) is 54.6 Å². The van der Waals surface area contributed by atoms with Crippen molar-refractivity contribution >= 4 is 17.6 Å². The highest BCUT2D eigenvalue weighted by Crippen LogP contribution is 2.21. The molecule has 1 aliphatic rings. The third-order valence-electron chi connectivity index (χ3n) is 5.24. The number of rotatable bonds is 7. The van der Waals surface area contributed by atoms with Gasteiger partial charge in [-0.3, -0.25) is 4.79 Å². The molecule has 1 atom stereocenters. The van der Waals surface area contributed by atoms with Crippen molar-refractivity contribution in [1.29, 1.82) is 0 Å². The number of carbonyl (C=O) groups is 2. The fraction of sp³-hybridized carbons (Fsp3) is 0.391. The molecule has 5 nitrogen and oxygen atoms in total. The van der Waals surface area contributed by atoms with Crippen LogP contribution in [-0.4, -0.2) is 36.0 Å². The van der Waals surface area contributed by atoms with Crippen molar-refractivity contribution < 1.29 is 9.59 Å². The van der Waals surface area contributed by atoms with Crippen LogP contribution in [0.1, 0.15) is 37.3 Å². The molecule has 0 aromatic heterocycles. The van der Waals surface area contributed by atoms with E-state index in [1.165, 1.54) is 5.56 Å². The number of nitrogens with one attached hydrogen (secondary N) is 2.